The Bertz CT molecular complexity index is 712. The standard InChI is InChI=1S/C9H6N6O6/c16-4-10-1-13-7(19)14(2-11-5-17)9(21)15(8(13)20)3-12-6-18/h1-3H2. The van der Waals surface area contributed by atoms with E-state index in [1.54, 1.807) is 0 Å². The number of rotatable bonds is 6. The lowest BCUT2D eigenvalue weighted by Crippen LogP contribution is -2.54. The van der Waals surface area contributed by atoms with Crippen LogP contribution in [0.2, 0.25) is 0 Å². The Morgan fingerprint density at radius 1 is 0.619 bits per heavy atom. The quantitative estimate of drug-likeness (QED) is 0.403. The number of hydrogen-bond donors (Lipinski definition) is 0. The summed E-state index contributed by atoms with van der Waals surface area (Å²) in [5, 5.41) is 0. The second-order valence-corrected chi connectivity index (χ2v) is 3.30. The lowest BCUT2D eigenvalue weighted by Gasteiger charge is -2.08. The van der Waals surface area contributed by atoms with Crippen LogP contribution in [-0.4, -0.2) is 31.9 Å². The molecule has 0 amide bonds. The van der Waals surface area contributed by atoms with Crippen molar-refractivity contribution in [1.29, 1.82) is 0 Å². The van der Waals surface area contributed by atoms with Crippen molar-refractivity contribution < 1.29 is 14.4 Å². The minimum atomic E-state index is -1.14. The largest absolute Gasteiger partial charge is 0.339 e. The summed E-state index contributed by atoms with van der Waals surface area (Å²) < 4.78 is 1.23. The van der Waals surface area contributed by atoms with Gasteiger partial charge in [-0.2, -0.15) is 15.0 Å². The lowest BCUT2D eigenvalue weighted by molar-refractivity contribution is 0.454. The zero-order chi connectivity index (χ0) is 15.8. The van der Waals surface area contributed by atoms with Gasteiger partial charge >= 0.3 is 17.1 Å². The van der Waals surface area contributed by atoms with Gasteiger partial charge in [0.05, 0.1) is 0 Å². The highest BCUT2D eigenvalue weighted by atomic mass is 16.2. The molecule has 12 nitrogen and oxygen atoms in total. The third-order valence-corrected chi connectivity index (χ3v) is 2.22. The van der Waals surface area contributed by atoms with Gasteiger partial charge in [-0.3, -0.25) is 0 Å². The molecule has 0 aromatic carbocycles. The van der Waals surface area contributed by atoms with E-state index in [2.05, 4.69) is 15.0 Å². The van der Waals surface area contributed by atoms with E-state index in [-0.39, 0.29) is 0 Å². The van der Waals surface area contributed by atoms with Crippen molar-refractivity contribution in [2.24, 2.45) is 15.0 Å². The smallest absolute Gasteiger partial charge is 0.247 e. The molecule has 0 fully saturated rings. The van der Waals surface area contributed by atoms with Crippen LogP contribution in [0.5, 0.6) is 0 Å². The molecule has 1 aromatic rings. The van der Waals surface area contributed by atoms with Crippen LogP contribution in [0.4, 0.5) is 0 Å². The van der Waals surface area contributed by atoms with Crippen LogP contribution in [0.1, 0.15) is 0 Å². The summed E-state index contributed by atoms with van der Waals surface area (Å²) in [5.74, 6) is 0. The molecule has 0 bridgehead atoms. The van der Waals surface area contributed by atoms with E-state index < -0.39 is 37.1 Å². The first kappa shape index (κ1) is 15.6. The van der Waals surface area contributed by atoms with Crippen LogP contribution in [0.15, 0.2) is 29.4 Å². The number of aliphatic imine (C=N–C) groups is 3. The van der Waals surface area contributed by atoms with Crippen molar-refractivity contribution in [3.63, 3.8) is 0 Å². The van der Waals surface area contributed by atoms with Crippen LogP contribution in [-0.2, 0) is 34.4 Å². The van der Waals surface area contributed by atoms with Crippen LogP contribution >= 0.6 is 0 Å². The number of hydrogen-bond acceptors (Lipinski definition) is 9. The Morgan fingerprint density at radius 3 is 1.05 bits per heavy atom. The van der Waals surface area contributed by atoms with Gasteiger partial charge in [0.25, 0.3) is 0 Å². The molecule has 1 heterocycles. The van der Waals surface area contributed by atoms with Crippen molar-refractivity contribution in [1.82, 2.24) is 13.7 Å². The molecule has 1 rings (SSSR count). The summed E-state index contributed by atoms with van der Waals surface area (Å²) in [6.45, 7) is -2.09. The van der Waals surface area contributed by atoms with E-state index in [9.17, 15) is 28.8 Å². The first-order valence-corrected chi connectivity index (χ1v) is 5.13. The van der Waals surface area contributed by atoms with Gasteiger partial charge in [-0.05, 0) is 0 Å². The van der Waals surface area contributed by atoms with Crippen LogP contribution in [0.3, 0.4) is 0 Å². The summed E-state index contributed by atoms with van der Waals surface area (Å²) in [6, 6.07) is 0. The Balaban J connectivity index is 3.72. The maximum Gasteiger partial charge on any atom is 0.339 e. The molecule has 21 heavy (non-hydrogen) atoms. The molecule has 0 aliphatic rings. The number of isocyanates is 3. The highest BCUT2D eigenvalue weighted by Crippen LogP contribution is 1.79. The molecule has 108 valence electrons. The van der Waals surface area contributed by atoms with Gasteiger partial charge in [-0.15, -0.1) is 0 Å². The molecule has 0 aliphatic carbocycles. The van der Waals surface area contributed by atoms with Gasteiger partial charge in [0.1, 0.15) is 20.0 Å². The second-order valence-electron chi connectivity index (χ2n) is 3.30. The normalized spacial score (nSPS) is 9.14. The van der Waals surface area contributed by atoms with E-state index in [4.69, 9.17) is 0 Å². The summed E-state index contributed by atoms with van der Waals surface area (Å²) in [6.07, 6.45) is 3.36. The van der Waals surface area contributed by atoms with Crippen LogP contribution in [0, 0.1) is 0 Å². The molecule has 0 spiro atoms. The maximum absolute atomic E-state index is 11.9. The molecule has 0 saturated heterocycles. The third-order valence-electron chi connectivity index (χ3n) is 2.22. The fourth-order valence-electron chi connectivity index (χ4n) is 1.34. The molecule has 0 radical (unpaired) electrons. The Hall–Kier alpha value is -3.45. The van der Waals surface area contributed by atoms with Gasteiger partial charge in [-0.1, -0.05) is 0 Å². The Morgan fingerprint density at radius 2 is 0.857 bits per heavy atom. The molecule has 0 atom stereocenters. The van der Waals surface area contributed by atoms with E-state index in [1.165, 1.54) is 0 Å². The molecule has 1 aromatic heterocycles. The molecule has 0 aliphatic heterocycles. The minimum Gasteiger partial charge on any atom is -0.247 e. The lowest BCUT2D eigenvalue weighted by atomic mass is 10.7. The predicted molar refractivity (Wildman–Crippen MR) is 63.6 cm³/mol. The molecule has 0 N–H and O–H groups in total. The van der Waals surface area contributed by atoms with Crippen molar-refractivity contribution in [3.8, 4) is 0 Å². The average molecular weight is 294 g/mol. The average Bonchev–Trinajstić information content (AvgIpc) is 2.47. The SMILES string of the molecule is O=C=NCn1c(=O)n(CN=C=O)c(=O)n(CN=C=O)c1=O. The topological polar surface area (TPSA) is 154 Å². The number of nitrogens with zero attached hydrogens (tertiary/aromatic N) is 6. The van der Waals surface area contributed by atoms with Crippen LogP contribution < -0.4 is 17.1 Å². The monoisotopic (exact) mass is 294 g/mol. The van der Waals surface area contributed by atoms with E-state index in [0.717, 1.165) is 18.2 Å². The predicted octanol–water partition coefficient (Wildman–Crippen LogP) is -2.95. The second kappa shape index (κ2) is 7.22. The summed E-state index contributed by atoms with van der Waals surface area (Å²) >= 11 is 0. The molecular weight excluding hydrogens is 288 g/mol. The minimum absolute atomic E-state index is 0.410. The fraction of sp³-hybridized carbons (Fsp3) is 0.333. The zero-order valence-corrected chi connectivity index (χ0v) is 10.3. The van der Waals surface area contributed by atoms with Crippen molar-refractivity contribution in [3.05, 3.63) is 31.5 Å². The third kappa shape index (κ3) is 3.31. The van der Waals surface area contributed by atoms with Gasteiger partial charge in [0.15, 0.2) is 0 Å². The van der Waals surface area contributed by atoms with Gasteiger partial charge in [-0.25, -0.2) is 42.5 Å². The molecule has 0 unspecified atom stereocenters. The van der Waals surface area contributed by atoms with Gasteiger partial charge in [0, 0.05) is 0 Å². The number of carbonyl (C=O) groups excluding carboxylic acids is 3. The Kier molecular flexibility index (Phi) is 5.36. The van der Waals surface area contributed by atoms with Crippen molar-refractivity contribution >= 4 is 18.2 Å². The maximum atomic E-state index is 11.9. The van der Waals surface area contributed by atoms with E-state index in [1.807, 2.05) is 0 Å². The van der Waals surface area contributed by atoms with E-state index in [0.29, 0.717) is 13.7 Å². The van der Waals surface area contributed by atoms with Crippen molar-refractivity contribution in [2.45, 2.75) is 20.0 Å². The fourth-order valence-corrected chi connectivity index (χ4v) is 1.34. The summed E-state index contributed by atoms with van der Waals surface area (Å²) in [5.41, 5.74) is -3.43. The Labute approximate surface area is 114 Å². The summed E-state index contributed by atoms with van der Waals surface area (Å²) in [4.78, 5) is 74.9. The first-order chi connectivity index (χ1) is 10.1. The van der Waals surface area contributed by atoms with Gasteiger partial charge < -0.3 is 0 Å². The molecular formula is C9H6N6O6. The van der Waals surface area contributed by atoms with Gasteiger partial charge in [0.2, 0.25) is 18.2 Å². The first-order valence-electron chi connectivity index (χ1n) is 5.13. The molecule has 0 saturated carbocycles. The van der Waals surface area contributed by atoms with Crippen molar-refractivity contribution in [2.75, 3.05) is 0 Å². The highest BCUT2D eigenvalue weighted by molar-refractivity contribution is 5.33. The zero-order valence-electron chi connectivity index (χ0n) is 10.3. The highest BCUT2D eigenvalue weighted by Gasteiger charge is 2.14. The summed E-state index contributed by atoms with van der Waals surface area (Å²) in [7, 11) is 0. The number of aromatic nitrogens is 3. The van der Waals surface area contributed by atoms with Crippen LogP contribution in [0.25, 0.3) is 0 Å². The van der Waals surface area contributed by atoms with E-state index >= 15 is 0 Å². The molecule has 12 heteroatoms.